The molecule has 112 valence electrons. The third kappa shape index (κ3) is 2.61. The maximum atomic E-state index is 14.8. The number of esters is 1. The summed E-state index contributed by atoms with van der Waals surface area (Å²) in [5.74, 6) is -0.896. The Morgan fingerprint density at radius 2 is 2.24 bits per heavy atom. The first kappa shape index (κ1) is 15.4. The molecule has 1 aliphatic heterocycles. The molecule has 0 saturated carbocycles. The molecule has 0 amide bonds. The summed E-state index contributed by atoms with van der Waals surface area (Å²) < 4.78 is 33.3. The number of nitrogen functional groups attached to an aromatic ring is 1. The molecule has 1 aliphatic rings. The minimum atomic E-state index is -2.62. The molecule has 0 spiro atoms. The molecule has 0 aliphatic carbocycles. The van der Waals surface area contributed by atoms with Gasteiger partial charge in [0.2, 0.25) is 12.0 Å². The number of pyridine rings is 1. The van der Waals surface area contributed by atoms with E-state index in [0.717, 1.165) is 19.3 Å². The molecule has 2 atom stereocenters. The number of nitrogens with two attached hydrogens (primary N) is 1. The number of hydrogen-bond donors (Lipinski definition) is 1. The number of nitrogens with zero attached hydrogens (tertiary/aromatic N) is 2. The van der Waals surface area contributed by atoms with Crippen LogP contribution in [0, 0.1) is 0 Å². The highest BCUT2D eigenvalue weighted by Gasteiger charge is 2.43. The van der Waals surface area contributed by atoms with Crippen molar-refractivity contribution in [1.82, 2.24) is 4.98 Å². The van der Waals surface area contributed by atoms with Crippen LogP contribution < -0.4 is 5.73 Å². The van der Waals surface area contributed by atoms with Crippen molar-refractivity contribution in [1.29, 1.82) is 0 Å². The minimum Gasteiger partial charge on any atom is -0.464 e. The lowest BCUT2D eigenvalue weighted by atomic mass is 9.95. The zero-order chi connectivity index (χ0) is 15.8. The van der Waals surface area contributed by atoms with Crippen LogP contribution in [0.2, 0.25) is 5.02 Å². The van der Waals surface area contributed by atoms with E-state index in [1.54, 1.807) is 0 Å². The fourth-order valence-electron chi connectivity index (χ4n) is 1.82. The van der Waals surface area contributed by atoms with Crippen molar-refractivity contribution in [2.24, 2.45) is 4.99 Å². The maximum absolute atomic E-state index is 14.8. The standard InChI is InChI=1S/C13H12ClF2N3O2/c1-6-3-4-13(16,12(15)18-6)8-5-7(17)9(14)10(19-8)11(20)21-2/h3-5,12H,1-2H3,(H2,17,19). The number of allylic oxidation sites excluding steroid dienone is 1. The lowest BCUT2D eigenvalue weighted by molar-refractivity contribution is 0.0589. The van der Waals surface area contributed by atoms with Crippen LogP contribution in [0.1, 0.15) is 23.1 Å². The molecule has 8 heteroatoms. The van der Waals surface area contributed by atoms with Gasteiger partial charge in [0.05, 0.1) is 23.5 Å². The van der Waals surface area contributed by atoms with E-state index in [9.17, 15) is 13.6 Å². The summed E-state index contributed by atoms with van der Waals surface area (Å²) in [4.78, 5) is 18.8. The van der Waals surface area contributed by atoms with E-state index in [4.69, 9.17) is 17.3 Å². The second kappa shape index (κ2) is 5.40. The Morgan fingerprint density at radius 3 is 2.81 bits per heavy atom. The van der Waals surface area contributed by atoms with E-state index < -0.39 is 23.6 Å². The van der Waals surface area contributed by atoms with Crippen LogP contribution in [0.3, 0.4) is 0 Å². The van der Waals surface area contributed by atoms with Gasteiger partial charge in [-0.25, -0.2) is 23.6 Å². The molecular formula is C13H12ClF2N3O2. The molecule has 0 saturated heterocycles. The largest absolute Gasteiger partial charge is 0.464 e. The third-order valence-corrected chi connectivity index (χ3v) is 3.39. The molecule has 0 bridgehead atoms. The molecular weight excluding hydrogens is 304 g/mol. The van der Waals surface area contributed by atoms with Crippen molar-refractivity contribution in [2.45, 2.75) is 18.9 Å². The van der Waals surface area contributed by atoms with Crippen molar-refractivity contribution < 1.29 is 18.3 Å². The van der Waals surface area contributed by atoms with Crippen molar-refractivity contribution >= 4 is 29.0 Å². The molecule has 0 fully saturated rings. The SMILES string of the molecule is COC(=O)c1nc(C2(F)C=CC(C)=NC2F)cc(N)c1Cl. The summed E-state index contributed by atoms with van der Waals surface area (Å²) in [6, 6.07) is 1.07. The molecule has 2 unspecified atom stereocenters. The summed E-state index contributed by atoms with van der Waals surface area (Å²) in [6.45, 7) is 1.53. The Labute approximate surface area is 124 Å². The Kier molecular flexibility index (Phi) is 3.95. The second-order valence-electron chi connectivity index (χ2n) is 4.46. The third-order valence-electron chi connectivity index (χ3n) is 2.99. The van der Waals surface area contributed by atoms with Gasteiger partial charge in [0.1, 0.15) is 0 Å². The Hall–Kier alpha value is -2.02. The van der Waals surface area contributed by atoms with Crippen LogP contribution in [0.4, 0.5) is 14.5 Å². The fourth-order valence-corrected chi connectivity index (χ4v) is 2.00. The van der Waals surface area contributed by atoms with Gasteiger partial charge in [0.15, 0.2) is 5.69 Å². The zero-order valence-electron chi connectivity index (χ0n) is 11.2. The first-order chi connectivity index (χ1) is 9.79. The van der Waals surface area contributed by atoms with Crippen LogP contribution in [0.5, 0.6) is 0 Å². The van der Waals surface area contributed by atoms with Gasteiger partial charge in [-0.15, -0.1) is 0 Å². The zero-order valence-corrected chi connectivity index (χ0v) is 12.0. The average molecular weight is 316 g/mol. The number of carbonyl (C=O) groups excluding carboxylic acids is 1. The number of aliphatic imine (C=N–C) groups is 1. The van der Waals surface area contributed by atoms with Crippen LogP contribution in [0.25, 0.3) is 0 Å². The number of methoxy groups -OCH3 is 1. The molecule has 1 aromatic heterocycles. The van der Waals surface area contributed by atoms with Gasteiger partial charge < -0.3 is 10.5 Å². The quantitative estimate of drug-likeness (QED) is 0.672. The molecule has 2 N–H and O–H groups in total. The first-order valence-corrected chi connectivity index (χ1v) is 6.29. The van der Waals surface area contributed by atoms with E-state index in [1.807, 2.05) is 0 Å². The average Bonchev–Trinajstić information content (AvgIpc) is 2.45. The smallest absolute Gasteiger partial charge is 0.358 e. The maximum Gasteiger partial charge on any atom is 0.358 e. The number of hydrogen-bond acceptors (Lipinski definition) is 5. The van der Waals surface area contributed by atoms with Gasteiger partial charge in [0, 0.05) is 5.71 Å². The summed E-state index contributed by atoms with van der Waals surface area (Å²) >= 11 is 5.83. The lowest BCUT2D eigenvalue weighted by Gasteiger charge is -2.26. The number of ether oxygens (including phenoxy) is 1. The fraction of sp³-hybridized carbons (Fsp3) is 0.308. The van der Waals surface area contributed by atoms with Gasteiger partial charge in [-0.1, -0.05) is 11.6 Å². The topological polar surface area (TPSA) is 77.6 Å². The second-order valence-corrected chi connectivity index (χ2v) is 4.84. The number of aromatic nitrogens is 1. The number of dihydropyridines is 1. The van der Waals surface area contributed by atoms with E-state index in [2.05, 4.69) is 14.7 Å². The van der Waals surface area contributed by atoms with E-state index >= 15 is 0 Å². The Morgan fingerprint density at radius 1 is 1.57 bits per heavy atom. The van der Waals surface area contributed by atoms with Crippen molar-refractivity contribution in [2.75, 3.05) is 12.8 Å². The summed E-state index contributed by atoms with van der Waals surface area (Å²) in [5, 5.41) is -0.177. The lowest BCUT2D eigenvalue weighted by Crippen LogP contribution is -2.33. The van der Waals surface area contributed by atoms with Gasteiger partial charge in [-0.2, -0.15) is 0 Å². The predicted molar refractivity (Wildman–Crippen MR) is 74.9 cm³/mol. The number of alkyl halides is 2. The molecule has 2 heterocycles. The molecule has 0 radical (unpaired) electrons. The number of rotatable bonds is 2. The van der Waals surface area contributed by atoms with E-state index in [1.165, 1.54) is 13.0 Å². The normalized spacial score (nSPS) is 24.6. The number of anilines is 1. The summed E-state index contributed by atoms with van der Waals surface area (Å²) in [6.07, 6.45) is 0.109. The van der Waals surface area contributed by atoms with E-state index in [-0.39, 0.29) is 16.4 Å². The molecule has 0 aromatic carbocycles. The van der Waals surface area contributed by atoms with Crippen molar-refractivity contribution in [3.05, 3.63) is 34.6 Å². The molecule has 21 heavy (non-hydrogen) atoms. The molecule has 1 aromatic rings. The molecule has 2 rings (SSSR count). The molecule has 5 nitrogen and oxygen atoms in total. The highest BCUT2D eigenvalue weighted by Crippen LogP contribution is 2.38. The van der Waals surface area contributed by atoms with Gasteiger partial charge in [0.25, 0.3) is 0 Å². The van der Waals surface area contributed by atoms with E-state index in [0.29, 0.717) is 5.71 Å². The summed E-state index contributed by atoms with van der Waals surface area (Å²) in [7, 11) is 1.11. The Bertz CT molecular complexity index is 663. The van der Waals surface area contributed by atoms with Gasteiger partial charge in [-0.05, 0) is 25.1 Å². The number of carbonyl (C=O) groups is 1. The van der Waals surface area contributed by atoms with Crippen molar-refractivity contribution in [3.63, 3.8) is 0 Å². The monoisotopic (exact) mass is 315 g/mol. The van der Waals surface area contributed by atoms with Crippen LogP contribution >= 0.6 is 11.6 Å². The van der Waals surface area contributed by atoms with Gasteiger partial charge >= 0.3 is 5.97 Å². The van der Waals surface area contributed by atoms with Crippen LogP contribution in [-0.4, -0.2) is 30.1 Å². The van der Waals surface area contributed by atoms with Crippen LogP contribution in [-0.2, 0) is 10.4 Å². The Balaban J connectivity index is 2.58. The highest BCUT2D eigenvalue weighted by atomic mass is 35.5. The van der Waals surface area contributed by atoms with Crippen LogP contribution in [0.15, 0.2) is 23.2 Å². The van der Waals surface area contributed by atoms with Crippen molar-refractivity contribution in [3.8, 4) is 0 Å². The summed E-state index contributed by atoms with van der Waals surface area (Å²) in [5.41, 5.74) is 2.46. The number of halogens is 3. The highest BCUT2D eigenvalue weighted by molar-refractivity contribution is 6.35. The minimum absolute atomic E-state index is 0.106. The van der Waals surface area contributed by atoms with Gasteiger partial charge in [-0.3, -0.25) is 0 Å². The predicted octanol–water partition coefficient (Wildman–Crippen LogP) is 2.59. The first-order valence-electron chi connectivity index (χ1n) is 5.91.